The average molecular weight is 1060 g/mol. The summed E-state index contributed by atoms with van der Waals surface area (Å²) in [5.41, 5.74) is 0.855. The summed E-state index contributed by atoms with van der Waals surface area (Å²) in [5.74, 6) is -1.00. The number of methoxy groups -OCH3 is 3. The van der Waals surface area contributed by atoms with E-state index >= 15 is 0 Å². The SMILES string of the molecule is CCC/C=S(\C)OS(C)(C)C(C)(CC)CCCOCCOC(=O)C(C/C=C/CCCCCCCCC)CC(=O)Oc1c(C(=O)OC)c2c(c3ccccc13)OC(c1ccc(OC)cc1)(c1ccc(OC)cc1)C=C2. The zero-order valence-electron chi connectivity index (χ0n) is 45.9. The number of carbonyl (C=O) groups excluding carboxylic acids is 3. The predicted octanol–water partition coefficient (Wildman–Crippen LogP) is 14.9. The molecule has 4 aromatic rings. The van der Waals surface area contributed by atoms with E-state index in [0.29, 0.717) is 40.2 Å². The number of hydrogen-bond acceptors (Lipinski definition) is 11. The van der Waals surface area contributed by atoms with Gasteiger partial charge in [-0.05, 0) is 106 Å². The maximum atomic E-state index is 14.3. The van der Waals surface area contributed by atoms with E-state index in [2.05, 4.69) is 57.9 Å². The van der Waals surface area contributed by atoms with Crippen molar-refractivity contribution in [2.75, 3.05) is 59.9 Å². The van der Waals surface area contributed by atoms with E-state index in [0.717, 1.165) is 62.5 Å². The number of benzene rings is 4. The molecule has 1 heterocycles. The molecule has 406 valence electrons. The Morgan fingerprint density at radius 3 is 2.00 bits per heavy atom. The Hall–Kier alpha value is -5.08. The highest BCUT2D eigenvalue weighted by Gasteiger charge is 2.41. The predicted molar refractivity (Wildman–Crippen MR) is 307 cm³/mol. The first-order chi connectivity index (χ1) is 35.7. The van der Waals surface area contributed by atoms with E-state index in [1.807, 2.05) is 78.9 Å². The molecular formula is C61H84O11S2. The first kappa shape index (κ1) is 59.8. The topological polar surface area (TPSA) is 125 Å². The Morgan fingerprint density at radius 2 is 1.39 bits per heavy atom. The molecule has 0 N–H and O–H groups in total. The first-order valence-electron chi connectivity index (χ1n) is 26.6. The fourth-order valence-corrected chi connectivity index (χ4v) is 14.2. The molecule has 0 amide bonds. The minimum absolute atomic E-state index is 0.0151. The summed E-state index contributed by atoms with van der Waals surface area (Å²) >= 11 is 0. The second-order valence-corrected chi connectivity index (χ2v) is 24.9. The largest absolute Gasteiger partial charge is 0.497 e. The van der Waals surface area contributed by atoms with E-state index in [1.54, 1.807) is 26.4 Å². The standard InChI is InChI=1S/C61H84O11S2/c1-11-14-16-17-18-19-20-21-22-23-27-46(58(63)69-43-42-68-41-26-39-60(4,13-3)74(9,10)72-73(8)44-15-12-2)45-54(62)70-57-52-29-25-24-28-51(52)56-53(55(57)59(64)67-7)38-40-61(71-56,47-30-34-49(65-5)35-31-47)48-32-36-50(66-6)37-33-48/h22-25,28-38,40,44,46H,11-21,26-27,39,41-43,45H2,1-10H3/b23-22+. The molecule has 0 aliphatic carbocycles. The first-order valence-corrected chi connectivity index (χ1v) is 30.6. The van der Waals surface area contributed by atoms with E-state index < -0.39 is 39.7 Å². The number of allylic oxidation sites excluding steroid dienone is 2. The van der Waals surface area contributed by atoms with Crippen LogP contribution in [0.2, 0.25) is 0 Å². The van der Waals surface area contributed by atoms with Crippen molar-refractivity contribution in [3.05, 3.63) is 113 Å². The van der Waals surface area contributed by atoms with Gasteiger partial charge in [0.25, 0.3) is 0 Å². The minimum Gasteiger partial charge on any atom is -0.497 e. The van der Waals surface area contributed by atoms with Crippen molar-refractivity contribution in [3.63, 3.8) is 0 Å². The van der Waals surface area contributed by atoms with Gasteiger partial charge in [-0.1, -0.05) is 137 Å². The van der Waals surface area contributed by atoms with Crippen LogP contribution in [0, 0.1) is 5.92 Å². The smallest absolute Gasteiger partial charge is 0.342 e. The molecule has 1 aliphatic heterocycles. The maximum absolute atomic E-state index is 14.3. The lowest BCUT2D eigenvalue weighted by Crippen LogP contribution is -2.35. The molecule has 74 heavy (non-hydrogen) atoms. The molecule has 3 atom stereocenters. The molecule has 3 unspecified atom stereocenters. The van der Waals surface area contributed by atoms with E-state index in [4.69, 9.17) is 36.8 Å². The molecule has 0 fully saturated rings. The summed E-state index contributed by atoms with van der Waals surface area (Å²) < 4.78 is 48.3. The van der Waals surface area contributed by atoms with Crippen LogP contribution in [0.25, 0.3) is 16.8 Å². The Bertz CT molecular complexity index is 2470. The van der Waals surface area contributed by atoms with Crippen LogP contribution in [-0.4, -0.2) is 87.9 Å². The summed E-state index contributed by atoms with van der Waals surface area (Å²) in [5, 5.41) is 3.35. The second kappa shape index (κ2) is 29.9. The highest BCUT2D eigenvalue weighted by atomic mass is 32.3. The Labute approximate surface area is 446 Å². The van der Waals surface area contributed by atoms with Gasteiger partial charge in [0.05, 0.1) is 40.3 Å². The highest BCUT2D eigenvalue weighted by Crippen LogP contribution is 2.61. The van der Waals surface area contributed by atoms with Crippen molar-refractivity contribution in [3.8, 4) is 23.0 Å². The van der Waals surface area contributed by atoms with Crippen molar-refractivity contribution in [2.24, 2.45) is 5.92 Å². The van der Waals surface area contributed by atoms with Crippen LogP contribution < -0.4 is 18.9 Å². The molecular weight excluding hydrogens is 973 g/mol. The number of unbranched alkanes of at least 4 members (excludes halogenated alkanes) is 8. The van der Waals surface area contributed by atoms with Crippen LogP contribution in [0.4, 0.5) is 0 Å². The Kier molecular flexibility index (Phi) is 24.1. The molecule has 11 nitrogen and oxygen atoms in total. The number of hydrogen-bond donors (Lipinski definition) is 0. The van der Waals surface area contributed by atoms with Gasteiger partial charge in [-0.15, -0.1) is 10.3 Å². The van der Waals surface area contributed by atoms with Crippen LogP contribution in [0.5, 0.6) is 23.0 Å². The van der Waals surface area contributed by atoms with Gasteiger partial charge in [0.2, 0.25) is 0 Å². The number of esters is 3. The molecule has 0 aromatic heterocycles. The minimum atomic E-state index is -1.35. The normalized spacial score (nSPS) is 14.9. The van der Waals surface area contributed by atoms with Crippen molar-refractivity contribution >= 4 is 61.2 Å². The molecule has 0 bridgehead atoms. The van der Waals surface area contributed by atoms with Crippen molar-refractivity contribution in [2.45, 2.75) is 134 Å². The van der Waals surface area contributed by atoms with Crippen molar-refractivity contribution in [1.82, 2.24) is 0 Å². The van der Waals surface area contributed by atoms with Gasteiger partial charge in [0.15, 0.2) is 11.4 Å². The summed E-state index contributed by atoms with van der Waals surface area (Å²) in [4.78, 5) is 42.2. The van der Waals surface area contributed by atoms with E-state index in [-0.39, 0.29) is 52.9 Å². The lowest BCUT2D eigenvalue weighted by Gasteiger charge is -2.48. The molecule has 5 rings (SSSR count). The lowest BCUT2D eigenvalue weighted by atomic mass is 9.82. The zero-order valence-corrected chi connectivity index (χ0v) is 47.6. The third-order valence-electron chi connectivity index (χ3n) is 14.2. The summed E-state index contributed by atoms with van der Waals surface area (Å²) in [6.45, 7) is 9.77. The molecule has 13 heteroatoms. The van der Waals surface area contributed by atoms with Crippen LogP contribution >= 0.6 is 21.1 Å². The van der Waals surface area contributed by atoms with Gasteiger partial charge in [-0.3, -0.25) is 13.2 Å². The summed E-state index contributed by atoms with van der Waals surface area (Å²) in [6, 6.07) is 22.5. The monoisotopic (exact) mass is 1060 g/mol. The third-order valence-corrected chi connectivity index (χ3v) is 20.0. The van der Waals surface area contributed by atoms with E-state index in [9.17, 15) is 14.4 Å². The van der Waals surface area contributed by atoms with Crippen LogP contribution in [-0.2, 0) is 33.0 Å². The van der Waals surface area contributed by atoms with Crippen LogP contribution in [0.1, 0.15) is 151 Å². The van der Waals surface area contributed by atoms with Gasteiger partial charge < -0.3 is 33.2 Å². The van der Waals surface area contributed by atoms with Crippen molar-refractivity contribution < 1.29 is 51.2 Å². The van der Waals surface area contributed by atoms with Crippen molar-refractivity contribution in [1.29, 1.82) is 0 Å². The van der Waals surface area contributed by atoms with Crippen LogP contribution in [0.15, 0.2) is 91.0 Å². The lowest BCUT2D eigenvalue weighted by molar-refractivity contribution is -0.153. The quantitative estimate of drug-likeness (QED) is 0.0153. The van der Waals surface area contributed by atoms with Gasteiger partial charge in [0, 0.05) is 45.1 Å². The number of rotatable bonds is 32. The molecule has 0 saturated carbocycles. The number of fused-ring (bicyclic) bond motifs is 3. The Balaban J connectivity index is 1.35. The Morgan fingerprint density at radius 1 is 0.757 bits per heavy atom. The zero-order chi connectivity index (χ0) is 53.6. The summed E-state index contributed by atoms with van der Waals surface area (Å²) in [7, 11) is 2.98. The molecule has 0 radical (unpaired) electrons. The molecule has 0 spiro atoms. The fraction of sp³-hybridized carbons (Fsp3) is 0.508. The van der Waals surface area contributed by atoms with E-state index in [1.165, 1.54) is 39.2 Å². The number of carbonyl (C=O) groups is 3. The van der Waals surface area contributed by atoms with Crippen LogP contribution in [0.3, 0.4) is 0 Å². The fourth-order valence-electron chi connectivity index (χ4n) is 9.24. The number of ether oxygens (including phenoxy) is 7. The second-order valence-electron chi connectivity index (χ2n) is 19.5. The highest BCUT2D eigenvalue weighted by molar-refractivity contribution is 8.35. The van der Waals surface area contributed by atoms with Gasteiger partial charge in [-0.25, -0.2) is 4.79 Å². The third kappa shape index (κ3) is 16.0. The van der Waals surface area contributed by atoms with Gasteiger partial charge in [0.1, 0.15) is 29.4 Å². The summed E-state index contributed by atoms with van der Waals surface area (Å²) in [6.07, 6.45) is 28.7. The molecule has 1 aliphatic rings. The molecule has 0 saturated heterocycles. The average Bonchev–Trinajstić information content (AvgIpc) is 3.41. The van der Waals surface area contributed by atoms with Gasteiger partial charge in [-0.2, -0.15) is 0 Å². The molecule has 4 aromatic carbocycles. The maximum Gasteiger partial charge on any atom is 0.342 e. The van der Waals surface area contributed by atoms with Gasteiger partial charge >= 0.3 is 17.9 Å².